The molecule has 0 aromatic carbocycles. The molecule has 1 heterocycles. The molecule has 5 nitrogen and oxygen atoms in total. The summed E-state index contributed by atoms with van der Waals surface area (Å²) in [6.07, 6.45) is -0.231. The number of hydrogen-bond donors (Lipinski definition) is 3. The molecule has 18 heavy (non-hydrogen) atoms. The predicted octanol–water partition coefficient (Wildman–Crippen LogP) is 0.956. The lowest BCUT2D eigenvalue weighted by Gasteiger charge is -2.19. The summed E-state index contributed by atoms with van der Waals surface area (Å²) in [6, 6.07) is 0. The summed E-state index contributed by atoms with van der Waals surface area (Å²) in [5.41, 5.74) is 0. The summed E-state index contributed by atoms with van der Waals surface area (Å²) in [7, 11) is 0. The molecule has 2 atom stereocenters. The monoisotopic (exact) mass is 268 g/mol. The second-order valence-corrected chi connectivity index (χ2v) is 5.29. The molecule has 1 aliphatic rings. The summed E-state index contributed by atoms with van der Waals surface area (Å²) >= 11 is 0. The SMILES string of the molecule is CC(C)(O)O.CC(C)(O)OCCC1OCCC1F. The van der Waals surface area contributed by atoms with E-state index in [9.17, 15) is 9.50 Å². The molecule has 0 bridgehead atoms. The standard InChI is InChI=1S/C9H17FO3.C3H8O2/c1-9(2,11)13-6-4-8-7(10)3-5-12-8;1-3(2,4)5/h7-8,11H,3-6H2,1-2H3;4-5H,1-2H3. The van der Waals surface area contributed by atoms with Gasteiger partial charge in [-0.05, 0) is 34.1 Å². The Balaban J connectivity index is 0.000000494. The Hall–Kier alpha value is -0.270. The van der Waals surface area contributed by atoms with Crippen LogP contribution in [0.25, 0.3) is 0 Å². The molecule has 1 saturated heterocycles. The van der Waals surface area contributed by atoms with Crippen molar-refractivity contribution in [3.8, 4) is 0 Å². The summed E-state index contributed by atoms with van der Waals surface area (Å²) in [5.74, 6) is -2.63. The van der Waals surface area contributed by atoms with Crippen LogP contribution in [0.3, 0.4) is 0 Å². The first-order chi connectivity index (χ1) is 7.99. The van der Waals surface area contributed by atoms with E-state index >= 15 is 0 Å². The van der Waals surface area contributed by atoms with Crippen LogP contribution in [0, 0.1) is 0 Å². The van der Waals surface area contributed by atoms with E-state index < -0.39 is 17.7 Å². The molecule has 3 N–H and O–H groups in total. The molecule has 0 saturated carbocycles. The summed E-state index contributed by atoms with van der Waals surface area (Å²) in [4.78, 5) is 0. The molecule has 1 rings (SSSR count). The molecule has 0 amide bonds. The van der Waals surface area contributed by atoms with Gasteiger partial charge < -0.3 is 24.8 Å². The Kier molecular flexibility index (Phi) is 7.24. The zero-order valence-electron chi connectivity index (χ0n) is 11.5. The van der Waals surface area contributed by atoms with E-state index in [4.69, 9.17) is 19.7 Å². The fourth-order valence-corrected chi connectivity index (χ4v) is 1.31. The van der Waals surface area contributed by atoms with Crippen LogP contribution in [-0.4, -0.2) is 52.4 Å². The fraction of sp³-hybridized carbons (Fsp3) is 1.00. The van der Waals surface area contributed by atoms with Crippen LogP contribution >= 0.6 is 0 Å². The van der Waals surface area contributed by atoms with E-state index in [0.29, 0.717) is 26.1 Å². The third kappa shape index (κ3) is 12.2. The summed E-state index contributed by atoms with van der Waals surface area (Å²) < 4.78 is 23.2. The average molecular weight is 268 g/mol. The average Bonchev–Trinajstić information content (AvgIpc) is 2.46. The highest BCUT2D eigenvalue weighted by molar-refractivity contribution is 4.75. The first-order valence-corrected chi connectivity index (χ1v) is 6.06. The number of ether oxygens (including phenoxy) is 2. The predicted molar refractivity (Wildman–Crippen MR) is 64.6 cm³/mol. The number of hydrogen-bond acceptors (Lipinski definition) is 5. The van der Waals surface area contributed by atoms with Crippen molar-refractivity contribution < 1.29 is 29.2 Å². The van der Waals surface area contributed by atoms with Gasteiger partial charge in [0, 0.05) is 13.0 Å². The highest BCUT2D eigenvalue weighted by Gasteiger charge is 2.28. The maximum absolute atomic E-state index is 13.0. The van der Waals surface area contributed by atoms with Crippen molar-refractivity contribution in [3.63, 3.8) is 0 Å². The van der Waals surface area contributed by atoms with Crippen LogP contribution < -0.4 is 0 Å². The van der Waals surface area contributed by atoms with E-state index in [2.05, 4.69) is 0 Å². The highest BCUT2D eigenvalue weighted by atomic mass is 19.1. The minimum Gasteiger partial charge on any atom is -0.375 e. The van der Waals surface area contributed by atoms with Gasteiger partial charge in [-0.3, -0.25) is 0 Å². The third-order valence-electron chi connectivity index (χ3n) is 1.99. The topological polar surface area (TPSA) is 79.2 Å². The van der Waals surface area contributed by atoms with Gasteiger partial charge in [-0.15, -0.1) is 0 Å². The Morgan fingerprint density at radius 2 is 1.72 bits per heavy atom. The first kappa shape index (κ1) is 17.7. The third-order valence-corrected chi connectivity index (χ3v) is 1.99. The molecule has 6 heteroatoms. The van der Waals surface area contributed by atoms with Gasteiger partial charge in [-0.25, -0.2) is 4.39 Å². The van der Waals surface area contributed by atoms with Crippen LogP contribution in [0.2, 0.25) is 0 Å². The van der Waals surface area contributed by atoms with Gasteiger partial charge in [0.15, 0.2) is 11.6 Å². The zero-order valence-corrected chi connectivity index (χ0v) is 11.5. The van der Waals surface area contributed by atoms with Crippen molar-refractivity contribution in [3.05, 3.63) is 0 Å². The molecule has 0 radical (unpaired) electrons. The van der Waals surface area contributed by atoms with E-state index in [1.807, 2.05) is 0 Å². The van der Waals surface area contributed by atoms with Crippen LogP contribution in [0.5, 0.6) is 0 Å². The van der Waals surface area contributed by atoms with E-state index in [1.54, 1.807) is 13.8 Å². The molecule has 0 aromatic rings. The smallest absolute Gasteiger partial charge is 0.159 e. The quantitative estimate of drug-likeness (QED) is 0.662. The number of alkyl halides is 1. The van der Waals surface area contributed by atoms with Crippen molar-refractivity contribution in [2.24, 2.45) is 0 Å². The Labute approximate surface area is 108 Å². The molecule has 0 aliphatic carbocycles. The Morgan fingerprint density at radius 1 is 1.22 bits per heavy atom. The van der Waals surface area contributed by atoms with Crippen molar-refractivity contribution in [1.29, 1.82) is 0 Å². The number of rotatable bonds is 4. The van der Waals surface area contributed by atoms with E-state index in [-0.39, 0.29) is 6.10 Å². The molecular formula is C12H25FO5. The fourth-order valence-electron chi connectivity index (χ4n) is 1.31. The lowest BCUT2D eigenvalue weighted by atomic mass is 10.1. The van der Waals surface area contributed by atoms with Crippen LogP contribution in [0.4, 0.5) is 4.39 Å². The van der Waals surface area contributed by atoms with Crippen molar-refractivity contribution >= 4 is 0 Å². The van der Waals surface area contributed by atoms with E-state index in [0.717, 1.165) is 0 Å². The molecule has 0 aromatic heterocycles. The largest absolute Gasteiger partial charge is 0.375 e. The zero-order chi connectivity index (χ0) is 14.4. The van der Waals surface area contributed by atoms with Crippen molar-refractivity contribution in [1.82, 2.24) is 0 Å². The van der Waals surface area contributed by atoms with Gasteiger partial charge in [0.1, 0.15) is 6.17 Å². The highest BCUT2D eigenvalue weighted by Crippen LogP contribution is 2.20. The number of aliphatic hydroxyl groups is 3. The van der Waals surface area contributed by atoms with Crippen LogP contribution in [0.1, 0.15) is 40.5 Å². The maximum atomic E-state index is 13.0. The Bertz CT molecular complexity index is 215. The molecule has 0 spiro atoms. The van der Waals surface area contributed by atoms with Gasteiger partial charge in [0.2, 0.25) is 0 Å². The number of halogens is 1. The normalized spacial score (nSPS) is 24.7. The summed E-state index contributed by atoms with van der Waals surface area (Å²) in [6.45, 7) is 6.52. The molecular weight excluding hydrogens is 243 g/mol. The Morgan fingerprint density at radius 3 is 2.06 bits per heavy atom. The lowest BCUT2D eigenvalue weighted by molar-refractivity contribution is -0.180. The van der Waals surface area contributed by atoms with Crippen LogP contribution in [0.15, 0.2) is 0 Å². The first-order valence-electron chi connectivity index (χ1n) is 6.06. The van der Waals surface area contributed by atoms with Gasteiger partial charge in [-0.2, -0.15) is 0 Å². The lowest BCUT2D eigenvalue weighted by Crippen LogP contribution is -2.27. The maximum Gasteiger partial charge on any atom is 0.159 e. The molecule has 1 fully saturated rings. The van der Waals surface area contributed by atoms with Gasteiger partial charge >= 0.3 is 0 Å². The van der Waals surface area contributed by atoms with Gasteiger partial charge in [0.05, 0.1) is 12.7 Å². The van der Waals surface area contributed by atoms with Crippen molar-refractivity contribution in [2.75, 3.05) is 13.2 Å². The van der Waals surface area contributed by atoms with Gasteiger partial charge in [-0.1, -0.05) is 0 Å². The second kappa shape index (κ2) is 7.35. The minimum atomic E-state index is -1.50. The molecule has 2 unspecified atom stereocenters. The second-order valence-electron chi connectivity index (χ2n) is 5.29. The van der Waals surface area contributed by atoms with Gasteiger partial charge in [0.25, 0.3) is 0 Å². The molecule has 110 valence electrons. The molecule has 1 aliphatic heterocycles. The minimum absolute atomic E-state index is 0.328. The van der Waals surface area contributed by atoms with E-state index in [1.165, 1.54) is 13.8 Å². The van der Waals surface area contributed by atoms with Crippen molar-refractivity contribution in [2.45, 2.75) is 64.4 Å². The summed E-state index contributed by atoms with van der Waals surface area (Å²) in [5, 5.41) is 25.4. The van der Waals surface area contributed by atoms with Crippen LogP contribution in [-0.2, 0) is 9.47 Å².